The quantitative estimate of drug-likeness (QED) is 0.794. The number of unbranched alkanes of at least 4 members (excludes halogenated alkanes) is 2. The zero-order valence-electron chi connectivity index (χ0n) is 10.4. The van der Waals surface area contributed by atoms with Crippen molar-refractivity contribution in [1.82, 2.24) is 10.3 Å². The van der Waals surface area contributed by atoms with Crippen LogP contribution in [0, 0.1) is 0 Å². The molecule has 1 aromatic carbocycles. The van der Waals surface area contributed by atoms with E-state index in [9.17, 15) is 4.79 Å². The molecule has 0 radical (unpaired) electrons. The van der Waals surface area contributed by atoms with Crippen molar-refractivity contribution >= 4 is 28.4 Å². The second-order valence-electron chi connectivity index (χ2n) is 4.38. The highest BCUT2D eigenvalue weighted by molar-refractivity contribution is 6.31. The van der Waals surface area contributed by atoms with Crippen LogP contribution in [0.2, 0.25) is 5.02 Å². The lowest BCUT2D eigenvalue weighted by molar-refractivity contribution is 0.0949. The molecule has 0 bridgehead atoms. The number of hydrogen-bond acceptors (Lipinski definition) is 1. The van der Waals surface area contributed by atoms with E-state index in [-0.39, 0.29) is 5.91 Å². The highest BCUT2D eigenvalue weighted by Crippen LogP contribution is 2.19. The summed E-state index contributed by atoms with van der Waals surface area (Å²) in [6.45, 7) is 2.87. The largest absolute Gasteiger partial charge is 0.351 e. The zero-order valence-corrected chi connectivity index (χ0v) is 11.2. The molecular weight excluding hydrogens is 248 g/mol. The standard InChI is InChI=1S/C14H17ClN2O/c1-2-3-4-7-16-14(18)13-9-10-8-11(15)5-6-12(10)17-13/h5-6,8-9,17H,2-4,7H2,1H3,(H,16,18). The summed E-state index contributed by atoms with van der Waals surface area (Å²) in [6.07, 6.45) is 3.32. The molecule has 18 heavy (non-hydrogen) atoms. The van der Waals surface area contributed by atoms with Gasteiger partial charge in [0.05, 0.1) is 0 Å². The van der Waals surface area contributed by atoms with E-state index in [1.165, 1.54) is 0 Å². The maximum Gasteiger partial charge on any atom is 0.267 e. The van der Waals surface area contributed by atoms with Gasteiger partial charge in [-0.3, -0.25) is 4.79 Å². The minimum atomic E-state index is -0.0570. The molecule has 0 saturated heterocycles. The molecule has 3 nitrogen and oxygen atoms in total. The maximum absolute atomic E-state index is 11.9. The number of rotatable bonds is 5. The normalized spacial score (nSPS) is 10.8. The summed E-state index contributed by atoms with van der Waals surface area (Å²) in [7, 11) is 0. The average Bonchev–Trinajstić information content (AvgIpc) is 2.77. The van der Waals surface area contributed by atoms with Crippen molar-refractivity contribution in [3.05, 3.63) is 35.0 Å². The first kappa shape index (κ1) is 13.0. The van der Waals surface area contributed by atoms with Gasteiger partial charge in [-0.05, 0) is 30.7 Å². The van der Waals surface area contributed by atoms with Crippen LogP contribution in [-0.2, 0) is 0 Å². The molecular formula is C14H17ClN2O. The monoisotopic (exact) mass is 264 g/mol. The van der Waals surface area contributed by atoms with Crippen LogP contribution in [0.3, 0.4) is 0 Å². The molecule has 0 fully saturated rings. The summed E-state index contributed by atoms with van der Waals surface area (Å²) in [5.74, 6) is -0.0570. The number of hydrogen-bond donors (Lipinski definition) is 2. The Morgan fingerprint density at radius 3 is 2.94 bits per heavy atom. The van der Waals surface area contributed by atoms with Gasteiger partial charge in [-0.2, -0.15) is 0 Å². The fraction of sp³-hybridized carbons (Fsp3) is 0.357. The van der Waals surface area contributed by atoms with E-state index in [2.05, 4.69) is 17.2 Å². The third-order valence-corrected chi connectivity index (χ3v) is 3.13. The molecule has 96 valence electrons. The van der Waals surface area contributed by atoms with Crippen molar-refractivity contribution in [2.75, 3.05) is 6.54 Å². The van der Waals surface area contributed by atoms with Crippen LogP contribution in [-0.4, -0.2) is 17.4 Å². The van der Waals surface area contributed by atoms with Crippen LogP contribution in [0.15, 0.2) is 24.3 Å². The van der Waals surface area contributed by atoms with E-state index >= 15 is 0 Å². The number of halogens is 1. The van der Waals surface area contributed by atoms with Crippen LogP contribution in [0.25, 0.3) is 10.9 Å². The molecule has 0 aliphatic carbocycles. The van der Waals surface area contributed by atoms with E-state index in [4.69, 9.17) is 11.6 Å². The molecule has 1 aromatic heterocycles. The number of benzene rings is 1. The Morgan fingerprint density at radius 2 is 2.17 bits per heavy atom. The number of carbonyl (C=O) groups is 1. The fourth-order valence-electron chi connectivity index (χ4n) is 1.90. The predicted molar refractivity (Wildman–Crippen MR) is 75.2 cm³/mol. The summed E-state index contributed by atoms with van der Waals surface area (Å²) in [5.41, 5.74) is 1.52. The fourth-order valence-corrected chi connectivity index (χ4v) is 2.08. The molecule has 0 unspecified atom stereocenters. The molecule has 2 aromatic rings. The summed E-state index contributed by atoms with van der Waals surface area (Å²) in [5, 5.41) is 4.54. The van der Waals surface area contributed by atoms with Gasteiger partial charge >= 0.3 is 0 Å². The van der Waals surface area contributed by atoms with E-state index in [1.54, 1.807) is 0 Å². The minimum Gasteiger partial charge on any atom is -0.351 e. The smallest absolute Gasteiger partial charge is 0.267 e. The van der Waals surface area contributed by atoms with Crippen molar-refractivity contribution in [2.24, 2.45) is 0 Å². The first-order valence-corrected chi connectivity index (χ1v) is 6.65. The van der Waals surface area contributed by atoms with Gasteiger partial charge in [0.25, 0.3) is 5.91 Å². The lowest BCUT2D eigenvalue weighted by Gasteiger charge is -2.02. The summed E-state index contributed by atoms with van der Waals surface area (Å²) in [4.78, 5) is 15.0. The van der Waals surface area contributed by atoms with Crippen LogP contribution in [0.5, 0.6) is 0 Å². The van der Waals surface area contributed by atoms with E-state index in [0.717, 1.165) is 36.7 Å². The second-order valence-corrected chi connectivity index (χ2v) is 4.81. The molecule has 0 atom stereocenters. The average molecular weight is 265 g/mol. The molecule has 1 amide bonds. The molecule has 0 saturated carbocycles. The Kier molecular flexibility index (Phi) is 4.26. The summed E-state index contributed by atoms with van der Waals surface area (Å²) < 4.78 is 0. The van der Waals surface area contributed by atoms with Crippen molar-refractivity contribution in [2.45, 2.75) is 26.2 Å². The first-order valence-electron chi connectivity index (χ1n) is 6.27. The Labute approximate surface area is 112 Å². The van der Waals surface area contributed by atoms with Crippen molar-refractivity contribution in [1.29, 1.82) is 0 Å². The number of fused-ring (bicyclic) bond motifs is 1. The van der Waals surface area contributed by atoms with Gasteiger partial charge < -0.3 is 10.3 Å². The van der Waals surface area contributed by atoms with Gasteiger partial charge in [-0.15, -0.1) is 0 Å². The Morgan fingerprint density at radius 1 is 1.33 bits per heavy atom. The highest BCUT2D eigenvalue weighted by atomic mass is 35.5. The minimum absolute atomic E-state index is 0.0570. The number of aromatic nitrogens is 1. The van der Waals surface area contributed by atoms with Crippen molar-refractivity contribution in [3.8, 4) is 0 Å². The van der Waals surface area contributed by atoms with E-state index in [1.807, 2.05) is 24.3 Å². The number of nitrogens with one attached hydrogen (secondary N) is 2. The summed E-state index contributed by atoms with van der Waals surface area (Å²) >= 11 is 5.91. The van der Waals surface area contributed by atoms with Crippen LogP contribution in [0.4, 0.5) is 0 Å². The molecule has 2 N–H and O–H groups in total. The Hall–Kier alpha value is -1.48. The SMILES string of the molecule is CCCCCNC(=O)c1cc2cc(Cl)ccc2[nH]1. The van der Waals surface area contributed by atoms with E-state index < -0.39 is 0 Å². The number of aromatic amines is 1. The van der Waals surface area contributed by atoms with Gasteiger partial charge in [0, 0.05) is 22.5 Å². The van der Waals surface area contributed by atoms with Gasteiger partial charge in [-0.25, -0.2) is 0 Å². The Balaban J connectivity index is 2.04. The molecule has 0 spiro atoms. The Bertz CT molecular complexity index is 548. The summed E-state index contributed by atoms with van der Waals surface area (Å²) in [6, 6.07) is 7.37. The second kappa shape index (κ2) is 5.91. The third-order valence-electron chi connectivity index (χ3n) is 2.89. The molecule has 0 aliphatic rings. The van der Waals surface area contributed by atoms with Gasteiger partial charge in [-0.1, -0.05) is 31.4 Å². The molecule has 2 rings (SSSR count). The number of H-pyrrole nitrogens is 1. The van der Waals surface area contributed by atoms with Crippen LogP contribution >= 0.6 is 11.6 Å². The predicted octanol–water partition coefficient (Wildman–Crippen LogP) is 3.74. The van der Waals surface area contributed by atoms with Gasteiger partial charge in [0.2, 0.25) is 0 Å². The molecule has 1 heterocycles. The van der Waals surface area contributed by atoms with Crippen LogP contribution < -0.4 is 5.32 Å². The molecule has 4 heteroatoms. The van der Waals surface area contributed by atoms with Crippen molar-refractivity contribution in [3.63, 3.8) is 0 Å². The third kappa shape index (κ3) is 3.05. The van der Waals surface area contributed by atoms with Crippen LogP contribution in [0.1, 0.15) is 36.7 Å². The maximum atomic E-state index is 11.9. The zero-order chi connectivity index (χ0) is 13.0. The first-order chi connectivity index (χ1) is 8.70. The number of amides is 1. The topological polar surface area (TPSA) is 44.9 Å². The lowest BCUT2D eigenvalue weighted by Crippen LogP contribution is -2.24. The van der Waals surface area contributed by atoms with E-state index in [0.29, 0.717) is 10.7 Å². The van der Waals surface area contributed by atoms with Gasteiger partial charge in [0.1, 0.15) is 5.69 Å². The lowest BCUT2D eigenvalue weighted by atomic mass is 10.2. The number of carbonyl (C=O) groups excluding carboxylic acids is 1. The molecule has 0 aliphatic heterocycles. The van der Waals surface area contributed by atoms with Gasteiger partial charge in [0.15, 0.2) is 0 Å². The highest BCUT2D eigenvalue weighted by Gasteiger charge is 2.08. The van der Waals surface area contributed by atoms with Crippen molar-refractivity contribution < 1.29 is 4.79 Å².